The van der Waals surface area contributed by atoms with Gasteiger partial charge in [0.05, 0.1) is 23.9 Å². The van der Waals surface area contributed by atoms with Crippen molar-refractivity contribution < 1.29 is 19.1 Å². The van der Waals surface area contributed by atoms with Crippen molar-refractivity contribution in [2.45, 2.75) is 13.8 Å². The smallest absolute Gasteiger partial charge is 0.343 e. The SMILES string of the molecule is CCOc1ccccc1C(=O)N/N=C\c1ccc(OC(=O)c2ccc(C)cc2)cc1. The van der Waals surface area contributed by atoms with Crippen LogP contribution in [0.4, 0.5) is 0 Å². The van der Waals surface area contributed by atoms with E-state index in [1.54, 1.807) is 60.7 Å². The Morgan fingerprint density at radius 3 is 2.37 bits per heavy atom. The van der Waals surface area contributed by atoms with Crippen LogP contribution in [0.1, 0.15) is 38.8 Å². The molecule has 6 nitrogen and oxygen atoms in total. The Kier molecular flexibility index (Phi) is 6.95. The molecule has 152 valence electrons. The molecular weight excluding hydrogens is 380 g/mol. The highest BCUT2D eigenvalue weighted by molar-refractivity contribution is 5.97. The first-order chi connectivity index (χ1) is 14.6. The van der Waals surface area contributed by atoms with Crippen molar-refractivity contribution in [2.24, 2.45) is 5.10 Å². The zero-order valence-corrected chi connectivity index (χ0v) is 16.8. The fourth-order valence-electron chi connectivity index (χ4n) is 2.64. The van der Waals surface area contributed by atoms with Crippen molar-refractivity contribution >= 4 is 18.1 Å². The Morgan fingerprint density at radius 2 is 1.67 bits per heavy atom. The number of amides is 1. The van der Waals surface area contributed by atoms with Crippen LogP contribution in [0.15, 0.2) is 77.9 Å². The predicted molar refractivity (Wildman–Crippen MR) is 115 cm³/mol. The fraction of sp³-hybridized carbons (Fsp3) is 0.125. The lowest BCUT2D eigenvalue weighted by molar-refractivity contribution is 0.0734. The van der Waals surface area contributed by atoms with Gasteiger partial charge in [0, 0.05) is 0 Å². The first-order valence-corrected chi connectivity index (χ1v) is 9.51. The van der Waals surface area contributed by atoms with Crippen LogP contribution in [0.5, 0.6) is 11.5 Å². The molecule has 1 amide bonds. The molecule has 0 radical (unpaired) electrons. The van der Waals surface area contributed by atoms with Gasteiger partial charge in [-0.25, -0.2) is 10.2 Å². The third kappa shape index (κ3) is 5.54. The van der Waals surface area contributed by atoms with E-state index in [1.165, 1.54) is 6.21 Å². The van der Waals surface area contributed by atoms with Crippen LogP contribution >= 0.6 is 0 Å². The zero-order chi connectivity index (χ0) is 21.3. The molecule has 3 aromatic rings. The van der Waals surface area contributed by atoms with Gasteiger partial charge in [0.2, 0.25) is 0 Å². The Hall–Kier alpha value is -3.93. The summed E-state index contributed by atoms with van der Waals surface area (Å²) < 4.78 is 10.8. The molecule has 0 saturated heterocycles. The number of benzene rings is 3. The van der Waals surface area contributed by atoms with Gasteiger partial charge >= 0.3 is 5.97 Å². The monoisotopic (exact) mass is 402 g/mol. The summed E-state index contributed by atoms with van der Waals surface area (Å²) in [7, 11) is 0. The molecule has 0 spiro atoms. The summed E-state index contributed by atoms with van der Waals surface area (Å²) in [5.41, 5.74) is 5.20. The Balaban J connectivity index is 1.57. The number of ether oxygens (including phenoxy) is 2. The molecule has 0 aromatic heterocycles. The number of para-hydroxylation sites is 1. The number of nitrogens with zero attached hydrogens (tertiary/aromatic N) is 1. The van der Waals surface area contributed by atoms with Crippen molar-refractivity contribution in [3.63, 3.8) is 0 Å². The molecular formula is C24H22N2O4. The number of hydrogen-bond acceptors (Lipinski definition) is 5. The molecule has 0 bridgehead atoms. The largest absolute Gasteiger partial charge is 0.493 e. The summed E-state index contributed by atoms with van der Waals surface area (Å²) in [4.78, 5) is 24.5. The summed E-state index contributed by atoms with van der Waals surface area (Å²) in [5, 5.41) is 3.98. The predicted octanol–water partition coefficient (Wildman–Crippen LogP) is 4.38. The van der Waals surface area contributed by atoms with E-state index < -0.39 is 5.97 Å². The zero-order valence-electron chi connectivity index (χ0n) is 16.8. The molecule has 0 saturated carbocycles. The number of hydrazone groups is 1. The van der Waals surface area contributed by atoms with Crippen LogP contribution in [0.25, 0.3) is 0 Å². The van der Waals surface area contributed by atoms with Gasteiger partial charge in [0.1, 0.15) is 11.5 Å². The molecule has 0 aliphatic rings. The van der Waals surface area contributed by atoms with Crippen molar-refractivity contribution in [3.05, 3.63) is 95.1 Å². The van der Waals surface area contributed by atoms with E-state index in [0.29, 0.717) is 29.2 Å². The van der Waals surface area contributed by atoms with Crippen LogP contribution < -0.4 is 14.9 Å². The van der Waals surface area contributed by atoms with Crippen LogP contribution in [-0.4, -0.2) is 24.7 Å². The Bertz CT molecular complexity index is 1040. The normalized spacial score (nSPS) is 10.6. The minimum atomic E-state index is -0.420. The van der Waals surface area contributed by atoms with Gasteiger partial charge in [-0.15, -0.1) is 0 Å². The van der Waals surface area contributed by atoms with Gasteiger partial charge in [0.15, 0.2) is 0 Å². The summed E-state index contributed by atoms with van der Waals surface area (Å²) in [5.74, 6) is 0.149. The van der Waals surface area contributed by atoms with Crippen LogP contribution in [0, 0.1) is 6.92 Å². The lowest BCUT2D eigenvalue weighted by Gasteiger charge is -2.08. The Morgan fingerprint density at radius 1 is 0.967 bits per heavy atom. The molecule has 30 heavy (non-hydrogen) atoms. The maximum Gasteiger partial charge on any atom is 0.343 e. The molecule has 0 atom stereocenters. The lowest BCUT2D eigenvalue weighted by Crippen LogP contribution is -2.18. The number of carbonyl (C=O) groups excluding carboxylic acids is 2. The highest BCUT2D eigenvalue weighted by atomic mass is 16.5. The first-order valence-electron chi connectivity index (χ1n) is 9.51. The molecule has 0 heterocycles. The standard InChI is InChI=1S/C24H22N2O4/c1-3-29-22-7-5-4-6-21(22)23(27)26-25-16-18-10-14-20(15-11-18)30-24(28)19-12-8-17(2)9-13-19/h4-16H,3H2,1-2H3,(H,26,27)/b25-16-. The summed E-state index contributed by atoms with van der Waals surface area (Å²) >= 11 is 0. The van der Waals surface area contributed by atoms with E-state index in [-0.39, 0.29) is 5.91 Å². The molecule has 0 aliphatic heterocycles. The maximum absolute atomic E-state index is 12.3. The second-order valence-corrected chi connectivity index (χ2v) is 6.45. The van der Waals surface area contributed by atoms with Crippen molar-refractivity contribution in [3.8, 4) is 11.5 Å². The average molecular weight is 402 g/mol. The van der Waals surface area contributed by atoms with Crippen molar-refractivity contribution in [1.82, 2.24) is 5.43 Å². The molecule has 0 aliphatic carbocycles. The quantitative estimate of drug-likeness (QED) is 0.275. The van der Waals surface area contributed by atoms with E-state index in [0.717, 1.165) is 11.1 Å². The number of carbonyl (C=O) groups is 2. The van der Waals surface area contributed by atoms with Crippen LogP contribution in [0.2, 0.25) is 0 Å². The van der Waals surface area contributed by atoms with E-state index in [4.69, 9.17) is 9.47 Å². The maximum atomic E-state index is 12.3. The highest BCUT2D eigenvalue weighted by Gasteiger charge is 2.11. The number of hydrogen-bond donors (Lipinski definition) is 1. The second-order valence-electron chi connectivity index (χ2n) is 6.45. The van der Waals surface area contributed by atoms with E-state index >= 15 is 0 Å². The number of nitrogens with one attached hydrogen (secondary N) is 1. The Labute approximate surface area is 175 Å². The third-order valence-corrected chi connectivity index (χ3v) is 4.19. The molecule has 0 fully saturated rings. The fourth-order valence-corrected chi connectivity index (χ4v) is 2.64. The second kappa shape index (κ2) is 10.0. The van der Waals surface area contributed by atoms with Gasteiger partial charge < -0.3 is 9.47 Å². The molecule has 3 aromatic carbocycles. The average Bonchev–Trinajstić information content (AvgIpc) is 2.76. The molecule has 1 N–H and O–H groups in total. The summed E-state index contributed by atoms with van der Waals surface area (Å²) in [6.45, 7) is 4.28. The van der Waals surface area contributed by atoms with Gasteiger partial charge in [-0.05, 0) is 67.9 Å². The summed E-state index contributed by atoms with van der Waals surface area (Å²) in [6, 6.07) is 21.0. The van der Waals surface area contributed by atoms with E-state index in [1.807, 2.05) is 26.0 Å². The van der Waals surface area contributed by atoms with Gasteiger partial charge in [-0.3, -0.25) is 4.79 Å². The molecule has 0 unspecified atom stereocenters. The van der Waals surface area contributed by atoms with Crippen LogP contribution in [-0.2, 0) is 0 Å². The summed E-state index contributed by atoms with van der Waals surface area (Å²) in [6.07, 6.45) is 1.51. The number of esters is 1. The topological polar surface area (TPSA) is 77.0 Å². The third-order valence-electron chi connectivity index (χ3n) is 4.19. The minimum absolute atomic E-state index is 0.362. The highest BCUT2D eigenvalue weighted by Crippen LogP contribution is 2.18. The van der Waals surface area contributed by atoms with Crippen molar-refractivity contribution in [2.75, 3.05) is 6.61 Å². The number of rotatable bonds is 7. The first kappa shape index (κ1) is 20.8. The lowest BCUT2D eigenvalue weighted by atomic mass is 10.1. The van der Waals surface area contributed by atoms with E-state index in [2.05, 4.69) is 10.5 Å². The van der Waals surface area contributed by atoms with Crippen molar-refractivity contribution in [1.29, 1.82) is 0 Å². The van der Waals surface area contributed by atoms with Gasteiger partial charge in [-0.2, -0.15) is 5.10 Å². The van der Waals surface area contributed by atoms with E-state index in [9.17, 15) is 9.59 Å². The minimum Gasteiger partial charge on any atom is -0.493 e. The van der Waals surface area contributed by atoms with Crippen LogP contribution in [0.3, 0.4) is 0 Å². The number of aryl methyl sites for hydroxylation is 1. The van der Waals surface area contributed by atoms with Gasteiger partial charge in [0.25, 0.3) is 5.91 Å². The molecule has 3 rings (SSSR count). The van der Waals surface area contributed by atoms with Gasteiger partial charge in [-0.1, -0.05) is 29.8 Å². The molecule has 6 heteroatoms.